The molecule has 0 fully saturated rings. The second-order valence-electron chi connectivity index (χ2n) is 5.56. The smallest absolute Gasteiger partial charge is 0.161 e. The number of aliphatic hydroxyl groups is 1. The molecule has 0 unspecified atom stereocenters. The maximum absolute atomic E-state index is 10.8. The van der Waals surface area contributed by atoms with E-state index in [9.17, 15) is 5.11 Å². The Kier molecular flexibility index (Phi) is 4.05. The Morgan fingerprint density at radius 3 is 2.14 bits per heavy atom. The molecular formula is C18H21NO3. The number of benzene rings is 2. The van der Waals surface area contributed by atoms with E-state index >= 15 is 0 Å². The Bertz CT molecular complexity index is 657. The number of aliphatic hydroxyl groups excluding tert-OH is 1. The number of hydrogen-bond donors (Lipinski definition) is 2. The van der Waals surface area contributed by atoms with Gasteiger partial charge in [0.15, 0.2) is 11.5 Å². The summed E-state index contributed by atoms with van der Waals surface area (Å²) in [5, 5.41) is 14.3. The third-order valence-electron chi connectivity index (χ3n) is 4.28. The second-order valence-corrected chi connectivity index (χ2v) is 5.56. The molecule has 1 aliphatic rings. The van der Waals surface area contributed by atoms with Crippen molar-refractivity contribution in [2.45, 2.75) is 25.1 Å². The lowest BCUT2D eigenvalue weighted by molar-refractivity contribution is 0.109. The fourth-order valence-corrected chi connectivity index (χ4v) is 3.11. The number of nitrogens with one attached hydrogen (secondary N) is 1. The highest BCUT2D eigenvalue weighted by atomic mass is 16.5. The van der Waals surface area contributed by atoms with Crippen molar-refractivity contribution in [2.75, 3.05) is 14.2 Å². The highest BCUT2D eigenvalue weighted by Gasteiger charge is 2.33. The SMILES string of the molecule is COc1cc2c(cc1OC)[C@@H](C)N[C@@H](c1ccccc1)[C@@H]2O. The quantitative estimate of drug-likeness (QED) is 0.914. The van der Waals surface area contributed by atoms with Gasteiger partial charge in [-0.25, -0.2) is 0 Å². The first-order chi connectivity index (χ1) is 10.7. The van der Waals surface area contributed by atoms with Crippen LogP contribution in [-0.4, -0.2) is 19.3 Å². The van der Waals surface area contributed by atoms with Crippen LogP contribution in [0.15, 0.2) is 42.5 Å². The molecule has 3 rings (SSSR count). The van der Waals surface area contributed by atoms with E-state index in [2.05, 4.69) is 12.2 Å². The normalized spacial score (nSPS) is 23.7. The summed E-state index contributed by atoms with van der Waals surface area (Å²) in [5.74, 6) is 1.32. The third kappa shape index (κ3) is 2.45. The summed E-state index contributed by atoms with van der Waals surface area (Å²) in [5.41, 5.74) is 3.00. The number of rotatable bonds is 3. The summed E-state index contributed by atoms with van der Waals surface area (Å²) >= 11 is 0. The van der Waals surface area contributed by atoms with Crippen molar-refractivity contribution >= 4 is 0 Å². The van der Waals surface area contributed by atoms with Gasteiger partial charge in [-0.2, -0.15) is 0 Å². The predicted molar refractivity (Wildman–Crippen MR) is 85.2 cm³/mol. The van der Waals surface area contributed by atoms with E-state index in [4.69, 9.17) is 9.47 Å². The Labute approximate surface area is 130 Å². The molecule has 1 heterocycles. The van der Waals surface area contributed by atoms with Gasteiger partial charge >= 0.3 is 0 Å². The van der Waals surface area contributed by atoms with E-state index in [1.165, 1.54) is 0 Å². The lowest BCUT2D eigenvalue weighted by Gasteiger charge is -2.36. The van der Waals surface area contributed by atoms with E-state index in [1.807, 2.05) is 42.5 Å². The van der Waals surface area contributed by atoms with Crippen LogP contribution in [0.3, 0.4) is 0 Å². The first-order valence-corrected chi connectivity index (χ1v) is 7.40. The summed E-state index contributed by atoms with van der Waals surface area (Å²) in [6.45, 7) is 2.09. The maximum Gasteiger partial charge on any atom is 0.161 e. The molecule has 4 heteroatoms. The molecule has 116 valence electrons. The minimum absolute atomic E-state index is 0.114. The van der Waals surface area contributed by atoms with E-state index in [0.29, 0.717) is 11.5 Å². The van der Waals surface area contributed by atoms with Crippen LogP contribution in [0.2, 0.25) is 0 Å². The zero-order valence-electron chi connectivity index (χ0n) is 13.0. The molecule has 3 atom stereocenters. The maximum atomic E-state index is 10.8. The van der Waals surface area contributed by atoms with Crippen molar-refractivity contribution < 1.29 is 14.6 Å². The molecule has 0 saturated heterocycles. The van der Waals surface area contributed by atoms with Gasteiger partial charge < -0.3 is 19.9 Å². The summed E-state index contributed by atoms with van der Waals surface area (Å²) in [4.78, 5) is 0. The molecule has 22 heavy (non-hydrogen) atoms. The first kappa shape index (κ1) is 14.9. The van der Waals surface area contributed by atoms with Gasteiger partial charge in [0.2, 0.25) is 0 Å². The van der Waals surface area contributed by atoms with Gasteiger partial charge in [0.05, 0.1) is 26.4 Å². The number of fused-ring (bicyclic) bond motifs is 1. The molecule has 0 spiro atoms. The number of hydrogen-bond acceptors (Lipinski definition) is 4. The average molecular weight is 299 g/mol. The molecule has 2 N–H and O–H groups in total. The zero-order chi connectivity index (χ0) is 15.7. The van der Waals surface area contributed by atoms with Crippen LogP contribution in [-0.2, 0) is 0 Å². The molecule has 0 amide bonds. The standard InChI is InChI=1S/C18H21NO3/c1-11-13-9-15(21-2)16(22-3)10-14(13)18(20)17(19-11)12-7-5-4-6-8-12/h4-11,17-20H,1-3H3/t11-,17+,18-/m1/s1. The summed E-state index contributed by atoms with van der Waals surface area (Å²) in [6.07, 6.45) is -0.631. The monoisotopic (exact) mass is 299 g/mol. The Hall–Kier alpha value is -2.04. The van der Waals surface area contributed by atoms with Gasteiger partial charge in [-0.1, -0.05) is 30.3 Å². The van der Waals surface area contributed by atoms with E-state index in [0.717, 1.165) is 16.7 Å². The first-order valence-electron chi connectivity index (χ1n) is 7.40. The molecule has 0 saturated carbocycles. The van der Waals surface area contributed by atoms with Crippen LogP contribution in [0.1, 0.15) is 41.8 Å². The van der Waals surface area contributed by atoms with Crippen molar-refractivity contribution in [1.82, 2.24) is 5.32 Å². The molecule has 0 radical (unpaired) electrons. The predicted octanol–water partition coefficient (Wildman–Crippen LogP) is 3.14. The van der Waals surface area contributed by atoms with E-state index in [1.54, 1.807) is 14.2 Å². The lowest BCUT2D eigenvalue weighted by Crippen LogP contribution is -2.35. The van der Waals surface area contributed by atoms with Crippen molar-refractivity contribution in [1.29, 1.82) is 0 Å². The Morgan fingerprint density at radius 2 is 1.55 bits per heavy atom. The topological polar surface area (TPSA) is 50.7 Å². The Balaban J connectivity index is 2.06. The Morgan fingerprint density at radius 1 is 0.955 bits per heavy atom. The van der Waals surface area contributed by atoms with Gasteiger partial charge in [-0.3, -0.25) is 0 Å². The summed E-state index contributed by atoms with van der Waals surface area (Å²) in [7, 11) is 3.23. The van der Waals surface area contributed by atoms with Crippen LogP contribution in [0.5, 0.6) is 11.5 Å². The van der Waals surface area contributed by atoms with Crippen molar-refractivity contribution in [3.05, 3.63) is 59.2 Å². The van der Waals surface area contributed by atoms with E-state index in [-0.39, 0.29) is 12.1 Å². The van der Waals surface area contributed by atoms with Gasteiger partial charge in [-0.05, 0) is 35.7 Å². The number of methoxy groups -OCH3 is 2. The lowest BCUT2D eigenvalue weighted by atomic mass is 9.85. The molecule has 2 aromatic carbocycles. The van der Waals surface area contributed by atoms with Crippen molar-refractivity contribution in [2.24, 2.45) is 0 Å². The molecule has 2 aromatic rings. The highest BCUT2D eigenvalue weighted by Crippen LogP contribution is 2.43. The second kappa shape index (κ2) is 5.99. The van der Waals surface area contributed by atoms with Gasteiger partial charge in [0, 0.05) is 6.04 Å². The molecule has 4 nitrogen and oxygen atoms in total. The fraction of sp³-hybridized carbons (Fsp3) is 0.333. The minimum atomic E-state index is -0.631. The third-order valence-corrected chi connectivity index (χ3v) is 4.28. The highest BCUT2D eigenvalue weighted by molar-refractivity contribution is 5.51. The zero-order valence-corrected chi connectivity index (χ0v) is 13.0. The molecule has 1 aliphatic heterocycles. The summed E-state index contributed by atoms with van der Waals surface area (Å²) < 4.78 is 10.7. The van der Waals surface area contributed by atoms with Gasteiger partial charge in [0.1, 0.15) is 0 Å². The van der Waals surface area contributed by atoms with Crippen molar-refractivity contribution in [3.63, 3.8) is 0 Å². The van der Waals surface area contributed by atoms with E-state index < -0.39 is 6.10 Å². The molecule has 0 bridgehead atoms. The number of ether oxygens (including phenoxy) is 2. The van der Waals surface area contributed by atoms with Crippen LogP contribution in [0.4, 0.5) is 0 Å². The van der Waals surface area contributed by atoms with Crippen LogP contribution < -0.4 is 14.8 Å². The van der Waals surface area contributed by atoms with Gasteiger partial charge in [0.25, 0.3) is 0 Å². The molecular weight excluding hydrogens is 278 g/mol. The molecule has 0 aliphatic carbocycles. The minimum Gasteiger partial charge on any atom is -0.493 e. The van der Waals surface area contributed by atoms with Crippen LogP contribution >= 0.6 is 0 Å². The van der Waals surface area contributed by atoms with Gasteiger partial charge in [-0.15, -0.1) is 0 Å². The average Bonchev–Trinajstić information content (AvgIpc) is 2.57. The fourth-order valence-electron chi connectivity index (χ4n) is 3.11. The summed E-state index contributed by atoms with van der Waals surface area (Å²) in [6, 6.07) is 13.8. The largest absolute Gasteiger partial charge is 0.493 e. The van der Waals surface area contributed by atoms with Crippen LogP contribution in [0, 0.1) is 0 Å². The molecule has 0 aromatic heterocycles. The van der Waals surface area contributed by atoms with Crippen molar-refractivity contribution in [3.8, 4) is 11.5 Å². The van der Waals surface area contributed by atoms with Crippen LogP contribution in [0.25, 0.3) is 0 Å².